The summed E-state index contributed by atoms with van der Waals surface area (Å²) in [4.78, 5) is 0. The Morgan fingerprint density at radius 3 is 2.43 bits per heavy atom. The molecule has 0 N–H and O–H groups in total. The molecule has 0 unspecified atom stereocenters. The standard InChI is InChI=1S/C5H8N.Rb/c1-3-4-5-6-2;/h1H,4-5H2,2H3;/q-1;+1. The van der Waals surface area contributed by atoms with Crippen LogP contribution >= 0.6 is 0 Å². The molecule has 0 saturated carbocycles. The summed E-state index contributed by atoms with van der Waals surface area (Å²) in [6, 6.07) is 0. The zero-order valence-corrected chi connectivity index (χ0v) is 9.85. The minimum Gasteiger partial charge on any atom is -0.664 e. The fraction of sp³-hybridized carbons (Fsp3) is 0.600. The maximum absolute atomic E-state index is 4.90. The van der Waals surface area contributed by atoms with Gasteiger partial charge in [-0.1, -0.05) is 0 Å². The molecule has 0 saturated heterocycles. The molecule has 0 radical (unpaired) electrons. The van der Waals surface area contributed by atoms with Crippen LogP contribution in [0, 0.1) is 12.3 Å². The van der Waals surface area contributed by atoms with E-state index in [-0.39, 0.29) is 58.2 Å². The summed E-state index contributed by atoms with van der Waals surface area (Å²) in [6.07, 6.45) is 5.68. The van der Waals surface area contributed by atoms with Crippen molar-refractivity contribution < 1.29 is 58.2 Å². The summed E-state index contributed by atoms with van der Waals surface area (Å²) >= 11 is 0. The largest absolute Gasteiger partial charge is 1.00 e. The van der Waals surface area contributed by atoms with Crippen LogP contribution in [0.5, 0.6) is 0 Å². The van der Waals surface area contributed by atoms with E-state index < -0.39 is 0 Å². The van der Waals surface area contributed by atoms with Crippen molar-refractivity contribution in [3.8, 4) is 12.3 Å². The Balaban J connectivity index is 0. The first-order valence-corrected chi connectivity index (χ1v) is 1.91. The van der Waals surface area contributed by atoms with Crippen LogP contribution in [0.1, 0.15) is 6.42 Å². The van der Waals surface area contributed by atoms with E-state index in [1.54, 1.807) is 7.05 Å². The van der Waals surface area contributed by atoms with Crippen LogP contribution in [-0.2, 0) is 0 Å². The van der Waals surface area contributed by atoms with E-state index in [2.05, 4.69) is 11.2 Å². The van der Waals surface area contributed by atoms with Crippen LogP contribution < -0.4 is 58.2 Å². The van der Waals surface area contributed by atoms with Gasteiger partial charge in [-0.05, 0) is 6.42 Å². The van der Waals surface area contributed by atoms with E-state index in [1.165, 1.54) is 0 Å². The second-order valence-corrected chi connectivity index (χ2v) is 0.994. The summed E-state index contributed by atoms with van der Waals surface area (Å²) in [5, 5.41) is 3.78. The summed E-state index contributed by atoms with van der Waals surface area (Å²) < 4.78 is 0. The number of hydrogen-bond acceptors (Lipinski definition) is 0. The molecule has 34 valence electrons. The van der Waals surface area contributed by atoms with Crippen molar-refractivity contribution >= 4 is 0 Å². The minimum absolute atomic E-state index is 0. The molecule has 7 heavy (non-hydrogen) atoms. The molecule has 2 heteroatoms. The molecule has 0 amide bonds. The van der Waals surface area contributed by atoms with Crippen LogP contribution in [0.25, 0.3) is 5.32 Å². The zero-order chi connectivity index (χ0) is 4.83. The molecule has 0 atom stereocenters. The molecule has 0 bridgehead atoms. The SMILES string of the molecule is C#CCC[N-]C.[Rb+]. The first kappa shape index (κ1) is 11.2. The smallest absolute Gasteiger partial charge is 0.664 e. The van der Waals surface area contributed by atoms with Crippen molar-refractivity contribution in [2.75, 3.05) is 13.6 Å². The summed E-state index contributed by atoms with van der Waals surface area (Å²) in [5.41, 5.74) is 0. The van der Waals surface area contributed by atoms with Gasteiger partial charge in [-0.25, -0.2) is 0 Å². The predicted octanol–water partition coefficient (Wildman–Crippen LogP) is -1.98. The van der Waals surface area contributed by atoms with Crippen LogP contribution in [-0.4, -0.2) is 13.6 Å². The number of rotatable bonds is 2. The first-order valence-electron chi connectivity index (χ1n) is 1.91. The molecule has 0 rings (SSSR count). The van der Waals surface area contributed by atoms with Gasteiger partial charge in [-0.15, -0.1) is 18.9 Å². The molecular weight excluding hydrogens is 160 g/mol. The molecule has 0 fully saturated rings. The van der Waals surface area contributed by atoms with Crippen molar-refractivity contribution in [2.45, 2.75) is 6.42 Å². The van der Waals surface area contributed by atoms with Crippen molar-refractivity contribution in [1.29, 1.82) is 0 Å². The average Bonchev–Trinajstić information content (AvgIpc) is 1.61. The van der Waals surface area contributed by atoms with E-state index in [0.29, 0.717) is 0 Å². The van der Waals surface area contributed by atoms with Crippen LogP contribution in [0.15, 0.2) is 0 Å². The van der Waals surface area contributed by atoms with E-state index in [9.17, 15) is 0 Å². The third kappa shape index (κ3) is 11.1. The third-order valence-electron chi connectivity index (χ3n) is 0.480. The van der Waals surface area contributed by atoms with Gasteiger partial charge >= 0.3 is 58.2 Å². The molecule has 0 aliphatic carbocycles. The number of hydrogen-bond donors (Lipinski definition) is 0. The quantitative estimate of drug-likeness (QED) is 0.334. The van der Waals surface area contributed by atoms with E-state index in [0.717, 1.165) is 13.0 Å². The van der Waals surface area contributed by atoms with E-state index in [1.807, 2.05) is 0 Å². The Hall–Kier alpha value is 1.33. The van der Waals surface area contributed by atoms with Gasteiger partial charge < -0.3 is 5.32 Å². The molecule has 0 aromatic rings. The fourth-order valence-electron chi connectivity index (χ4n) is 0.176. The maximum atomic E-state index is 4.90. The Labute approximate surface area is 94.0 Å². The van der Waals surface area contributed by atoms with Gasteiger partial charge in [0.1, 0.15) is 0 Å². The normalized spacial score (nSPS) is 6.29. The van der Waals surface area contributed by atoms with Gasteiger partial charge in [0.15, 0.2) is 0 Å². The maximum Gasteiger partial charge on any atom is 1.00 e. The van der Waals surface area contributed by atoms with Gasteiger partial charge in [0, 0.05) is 0 Å². The molecule has 1 nitrogen and oxygen atoms in total. The summed E-state index contributed by atoms with van der Waals surface area (Å²) in [5.74, 6) is 2.47. The number of nitrogens with zero attached hydrogens (tertiary/aromatic N) is 1. The topological polar surface area (TPSA) is 14.1 Å². The average molecular weight is 168 g/mol. The van der Waals surface area contributed by atoms with Gasteiger partial charge in [-0.3, -0.25) is 0 Å². The minimum atomic E-state index is 0. The second kappa shape index (κ2) is 10.3. The first-order chi connectivity index (χ1) is 2.91. The predicted molar refractivity (Wildman–Crippen MR) is 27.6 cm³/mol. The molecule has 0 aromatic carbocycles. The van der Waals surface area contributed by atoms with Crippen LogP contribution in [0.3, 0.4) is 0 Å². The Bertz CT molecular complexity index is 55.6. The van der Waals surface area contributed by atoms with Crippen LogP contribution in [0.4, 0.5) is 0 Å². The van der Waals surface area contributed by atoms with Gasteiger partial charge in [0.25, 0.3) is 0 Å². The molecule has 0 aliphatic heterocycles. The van der Waals surface area contributed by atoms with Crippen molar-refractivity contribution in [3.05, 3.63) is 5.32 Å². The summed E-state index contributed by atoms with van der Waals surface area (Å²) in [7, 11) is 1.76. The molecule has 0 aliphatic rings. The monoisotopic (exact) mass is 167 g/mol. The fourth-order valence-corrected chi connectivity index (χ4v) is 0.176. The molecule has 0 aromatic heterocycles. The van der Waals surface area contributed by atoms with E-state index in [4.69, 9.17) is 6.42 Å². The third-order valence-corrected chi connectivity index (χ3v) is 0.480. The van der Waals surface area contributed by atoms with E-state index >= 15 is 0 Å². The Kier molecular flexibility index (Phi) is 16.5. The Morgan fingerprint density at radius 1 is 1.71 bits per heavy atom. The zero-order valence-electron chi connectivity index (χ0n) is 4.94. The van der Waals surface area contributed by atoms with Crippen molar-refractivity contribution in [2.24, 2.45) is 0 Å². The molecular formula is C5H8NRb. The van der Waals surface area contributed by atoms with Gasteiger partial charge in [0.05, 0.1) is 0 Å². The van der Waals surface area contributed by atoms with Crippen molar-refractivity contribution in [3.63, 3.8) is 0 Å². The number of terminal acetylenes is 1. The van der Waals surface area contributed by atoms with Gasteiger partial charge in [-0.2, -0.15) is 7.05 Å². The second-order valence-electron chi connectivity index (χ2n) is 0.994. The van der Waals surface area contributed by atoms with Crippen LogP contribution in [0.2, 0.25) is 0 Å². The summed E-state index contributed by atoms with van der Waals surface area (Å²) in [6.45, 7) is 0.802. The van der Waals surface area contributed by atoms with Gasteiger partial charge in [0.2, 0.25) is 0 Å². The Morgan fingerprint density at radius 2 is 2.29 bits per heavy atom. The molecule has 0 heterocycles. The molecule has 0 spiro atoms. The van der Waals surface area contributed by atoms with Crippen molar-refractivity contribution in [1.82, 2.24) is 0 Å².